The van der Waals surface area contributed by atoms with E-state index in [0.29, 0.717) is 11.1 Å². The molecule has 0 atom stereocenters. The molecule has 0 spiro atoms. The summed E-state index contributed by atoms with van der Waals surface area (Å²) in [6, 6.07) is 6.75. The van der Waals surface area contributed by atoms with E-state index in [4.69, 9.17) is 11.6 Å². The summed E-state index contributed by atoms with van der Waals surface area (Å²) >= 11 is 7.62. The monoisotopic (exact) mass is 264 g/mol. The summed E-state index contributed by atoms with van der Waals surface area (Å²) in [5, 5.41) is 5.01. The van der Waals surface area contributed by atoms with Crippen LogP contribution in [0.4, 0.5) is 5.82 Å². The number of hydrogen-bond donors (Lipinski definition) is 0. The minimum absolute atomic E-state index is 0.656. The second kappa shape index (κ2) is 4.67. The van der Waals surface area contributed by atoms with Crippen LogP contribution >= 0.6 is 22.9 Å². The van der Waals surface area contributed by atoms with E-state index in [1.165, 1.54) is 18.4 Å². The highest BCUT2D eigenvalue weighted by Crippen LogP contribution is 2.32. The molecule has 0 aliphatic heterocycles. The fourth-order valence-electron chi connectivity index (χ4n) is 1.90. The van der Waals surface area contributed by atoms with E-state index in [2.05, 4.69) is 26.7 Å². The van der Waals surface area contributed by atoms with Gasteiger partial charge in [0.15, 0.2) is 0 Å². The fraction of sp³-hybridized carbons (Fsp3) is 0.308. The zero-order valence-electron chi connectivity index (χ0n) is 9.34. The fourth-order valence-corrected chi connectivity index (χ4v) is 2.67. The number of halogens is 1. The van der Waals surface area contributed by atoms with Crippen molar-refractivity contribution in [3.8, 4) is 0 Å². The Labute approximate surface area is 110 Å². The molecule has 0 unspecified atom stereocenters. The molecule has 2 aromatic rings. The zero-order valence-corrected chi connectivity index (χ0v) is 10.9. The first-order valence-corrected chi connectivity index (χ1v) is 7.04. The number of anilines is 1. The van der Waals surface area contributed by atoms with Gasteiger partial charge in [-0.15, -0.1) is 0 Å². The molecule has 2 aromatic heterocycles. The minimum atomic E-state index is 0.656. The van der Waals surface area contributed by atoms with Gasteiger partial charge in [0.25, 0.3) is 0 Å². The minimum Gasteiger partial charge on any atom is -0.349 e. The first-order valence-electron chi connectivity index (χ1n) is 5.72. The molecule has 17 heavy (non-hydrogen) atoms. The summed E-state index contributed by atoms with van der Waals surface area (Å²) in [5.74, 6) is 1.03. The van der Waals surface area contributed by atoms with Crippen molar-refractivity contribution >= 4 is 28.8 Å². The number of nitrogens with zero attached hydrogens (tertiary/aromatic N) is 2. The third kappa shape index (κ3) is 2.61. The van der Waals surface area contributed by atoms with Gasteiger partial charge in [-0.2, -0.15) is 11.3 Å². The van der Waals surface area contributed by atoms with Crippen molar-refractivity contribution in [1.82, 2.24) is 4.98 Å². The standard InChI is InChI=1S/C13H13ClN2S/c14-11-1-4-13(15-7-11)16(12-2-3-12)8-10-5-6-17-9-10/h1,4-7,9,12H,2-3,8H2. The third-order valence-electron chi connectivity index (χ3n) is 2.93. The van der Waals surface area contributed by atoms with Gasteiger partial charge in [-0.05, 0) is 47.4 Å². The van der Waals surface area contributed by atoms with Crippen LogP contribution in [0.5, 0.6) is 0 Å². The van der Waals surface area contributed by atoms with Crippen molar-refractivity contribution in [2.24, 2.45) is 0 Å². The van der Waals surface area contributed by atoms with Gasteiger partial charge in [0.1, 0.15) is 5.82 Å². The van der Waals surface area contributed by atoms with Crippen molar-refractivity contribution in [2.75, 3.05) is 4.90 Å². The van der Waals surface area contributed by atoms with Crippen LogP contribution in [-0.4, -0.2) is 11.0 Å². The van der Waals surface area contributed by atoms with Gasteiger partial charge in [-0.1, -0.05) is 11.6 Å². The van der Waals surface area contributed by atoms with E-state index < -0.39 is 0 Å². The molecule has 3 rings (SSSR count). The Morgan fingerprint density at radius 2 is 2.24 bits per heavy atom. The summed E-state index contributed by atoms with van der Waals surface area (Å²) in [6.07, 6.45) is 4.27. The first kappa shape index (κ1) is 11.1. The second-order valence-corrected chi connectivity index (χ2v) is 5.54. The molecular weight excluding hydrogens is 252 g/mol. The molecule has 88 valence electrons. The van der Waals surface area contributed by atoms with E-state index in [1.807, 2.05) is 12.1 Å². The highest BCUT2D eigenvalue weighted by Gasteiger charge is 2.29. The van der Waals surface area contributed by atoms with Gasteiger partial charge in [0.2, 0.25) is 0 Å². The quantitative estimate of drug-likeness (QED) is 0.831. The summed E-state index contributed by atoms with van der Waals surface area (Å²) in [7, 11) is 0. The molecule has 1 aliphatic carbocycles. The maximum Gasteiger partial charge on any atom is 0.129 e. The molecule has 0 aromatic carbocycles. The lowest BCUT2D eigenvalue weighted by Gasteiger charge is -2.23. The molecule has 0 saturated heterocycles. The molecule has 0 radical (unpaired) electrons. The maximum absolute atomic E-state index is 5.87. The Morgan fingerprint density at radius 3 is 2.82 bits per heavy atom. The maximum atomic E-state index is 5.87. The molecule has 4 heteroatoms. The van der Waals surface area contributed by atoms with Crippen LogP contribution < -0.4 is 4.90 Å². The molecular formula is C13H13ClN2S. The van der Waals surface area contributed by atoms with E-state index in [9.17, 15) is 0 Å². The lowest BCUT2D eigenvalue weighted by Crippen LogP contribution is -2.25. The number of rotatable bonds is 4. The van der Waals surface area contributed by atoms with E-state index in [-0.39, 0.29) is 0 Å². The summed E-state index contributed by atoms with van der Waals surface area (Å²) < 4.78 is 0. The van der Waals surface area contributed by atoms with E-state index in [0.717, 1.165) is 12.4 Å². The lowest BCUT2D eigenvalue weighted by atomic mass is 10.3. The number of pyridine rings is 1. The SMILES string of the molecule is Clc1ccc(N(Cc2ccsc2)C2CC2)nc1. The highest BCUT2D eigenvalue weighted by molar-refractivity contribution is 7.07. The Morgan fingerprint density at radius 1 is 1.35 bits per heavy atom. The van der Waals surface area contributed by atoms with Crippen LogP contribution in [0.1, 0.15) is 18.4 Å². The van der Waals surface area contributed by atoms with E-state index in [1.54, 1.807) is 17.5 Å². The van der Waals surface area contributed by atoms with Gasteiger partial charge >= 0.3 is 0 Å². The zero-order chi connectivity index (χ0) is 11.7. The van der Waals surface area contributed by atoms with Gasteiger partial charge < -0.3 is 4.90 Å². The van der Waals surface area contributed by atoms with Crippen LogP contribution in [0.25, 0.3) is 0 Å². The van der Waals surface area contributed by atoms with Crippen molar-refractivity contribution < 1.29 is 0 Å². The Kier molecular flexibility index (Phi) is 3.04. The molecule has 1 fully saturated rings. The summed E-state index contributed by atoms with van der Waals surface area (Å²) in [6.45, 7) is 0.947. The average molecular weight is 265 g/mol. The lowest BCUT2D eigenvalue weighted by molar-refractivity contribution is 0.780. The summed E-state index contributed by atoms with van der Waals surface area (Å²) in [4.78, 5) is 6.79. The predicted molar refractivity (Wildman–Crippen MR) is 72.8 cm³/mol. The van der Waals surface area contributed by atoms with Gasteiger partial charge in [0.05, 0.1) is 5.02 Å². The summed E-state index contributed by atoms with van der Waals surface area (Å²) in [5.41, 5.74) is 1.36. The van der Waals surface area contributed by atoms with Crippen LogP contribution in [0, 0.1) is 0 Å². The Balaban J connectivity index is 1.82. The van der Waals surface area contributed by atoms with Crippen molar-refractivity contribution in [2.45, 2.75) is 25.4 Å². The second-order valence-electron chi connectivity index (χ2n) is 4.33. The molecule has 0 amide bonds. The smallest absolute Gasteiger partial charge is 0.129 e. The van der Waals surface area contributed by atoms with Gasteiger partial charge in [-0.3, -0.25) is 0 Å². The molecule has 1 saturated carbocycles. The van der Waals surface area contributed by atoms with E-state index >= 15 is 0 Å². The largest absolute Gasteiger partial charge is 0.349 e. The van der Waals surface area contributed by atoms with Crippen LogP contribution in [0.3, 0.4) is 0 Å². The Hall–Kier alpha value is -1.06. The predicted octanol–water partition coefficient (Wildman–Crippen LogP) is 3.97. The normalized spacial score (nSPS) is 14.9. The van der Waals surface area contributed by atoms with Crippen molar-refractivity contribution in [3.05, 3.63) is 45.7 Å². The topological polar surface area (TPSA) is 16.1 Å². The molecule has 2 heterocycles. The van der Waals surface area contributed by atoms with Crippen LogP contribution in [0.2, 0.25) is 5.02 Å². The first-order chi connectivity index (χ1) is 8.33. The number of hydrogen-bond acceptors (Lipinski definition) is 3. The molecule has 1 aliphatic rings. The number of thiophene rings is 1. The third-order valence-corrected chi connectivity index (χ3v) is 3.88. The highest BCUT2D eigenvalue weighted by atomic mass is 35.5. The molecule has 0 bridgehead atoms. The van der Waals surface area contributed by atoms with Crippen molar-refractivity contribution in [1.29, 1.82) is 0 Å². The molecule has 0 N–H and O–H groups in total. The van der Waals surface area contributed by atoms with Gasteiger partial charge in [-0.25, -0.2) is 4.98 Å². The van der Waals surface area contributed by atoms with Crippen LogP contribution in [-0.2, 0) is 6.54 Å². The Bertz CT molecular complexity index is 477. The number of aromatic nitrogens is 1. The van der Waals surface area contributed by atoms with Gasteiger partial charge in [0, 0.05) is 18.8 Å². The van der Waals surface area contributed by atoms with Crippen molar-refractivity contribution in [3.63, 3.8) is 0 Å². The average Bonchev–Trinajstić information content (AvgIpc) is 3.05. The van der Waals surface area contributed by atoms with Crippen LogP contribution in [0.15, 0.2) is 35.2 Å². The molecule has 2 nitrogen and oxygen atoms in total.